The van der Waals surface area contributed by atoms with Gasteiger partial charge in [0.15, 0.2) is 0 Å². The number of hydrogen-bond donors (Lipinski definition) is 2. The standard InChI is InChI=1S/C10H9Cl2N3O/c11-4-3-9(16)13-6-1-2-7-8(5-6)15-10(12)14-7/h1-2,5H,3-4H2,(H,13,16)(H,14,15). The van der Waals surface area contributed by atoms with Crippen LogP contribution in [0.15, 0.2) is 18.2 Å². The van der Waals surface area contributed by atoms with Crippen molar-refractivity contribution in [3.8, 4) is 0 Å². The van der Waals surface area contributed by atoms with Crippen LogP contribution in [-0.2, 0) is 4.79 Å². The zero-order chi connectivity index (χ0) is 11.5. The minimum absolute atomic E-state index is 0.111. The third kappa shape index (κ3) is 2.46. The van der Waals surface area contributed by atoms with Crippen LogP contribution < -0.4 is 5.32 Å². The Morgan fingerprint density at radius 1 is 1.50 bits per heavy atom. The van der Waals surface area contributed by atoms with E-state index in [0.29, 0.717) is 23.3 Å². The van der Waals surface area contributed by atoms with Crippen LogP contribution in [0, 0.1) is 0 Å². The monoisotopic (exact) mass is 257 g/mol. The minimum atomic E-state index is -0.111. The molecule has 6 heteroatoms. The van der Waals surface area contributed by atoms with E-state index >= 15 is 0 Å². The largest absolute Gasteiger partial charge is 0.329 e. The first-order valence-electron chi connectivity index (χ1n) is 4.70. The van der Waals surface area contributed by atoms with E-state index in [1.807, 2.05) is 0 Å². The van der Waals surface area contributed by atoms with Gasteiger partial charge in [-0.05, 0) is 29.8 Å². The molecule has 2 aromatic rings. The third-order valence-corrected chi connectivity index (χ3v) is 2.43. The van der Waals surface area contributed by atoms with Gasteiger partial charge >= 0.3 is 0 Å². The number of alkyl halides is 1. The van der Waals surface area contributed by atoms with E-state index in [2.05, 4.69) is 15.3 Å². The molecule has 0 saturated carbocycles. The van der Waals surface area contributed by atoms with Crippen molar-refractivity contribution < 1.29 is 4.79 Å². The maximum Gasteiger partial charge on any atom is 0.225 e. The SMILES string of the molecule is O=C(CCCl)Nc1ccc2nc(Cl)[nH]c2c1. The van der Waals surface area contributed by atoms with Gasteiger partial charge in [0.1, 0.15) is 0 Å². The van der Waals surface area contributed by atoms with Crippen LogP contribution in [-0.4, -0.2) is 21.8 Å². The van der Waals surface area contributed by atoms with E-state index in [4.69, 9.17) is 23.2 Å². The molecule has 0 atom stereocenters. The molecule has 1 amide bonds. The number of nitrogens with zero attached hydrogens (tertiary/aromatic N) is 1. The van der Waals surface area contributed by atoms with E-state index in [-0.39, 0.29) is 5.91 Å². The fourth-order valence-corrected chi connectivity index (χ4v) is 1.73. The molecule has 1 aromatic carbocycles. The van der Waals surface area contributed by atoms with Crippen molar-refractivity contribution >= 4 is 45.8 Å². The van der Waals surface area contributed by atoms with Gasteiger partial charge in [-0.2, -0.15) is 0 Å². The highest BCUT2D eigenvalue weighted by atomic mass is 35.5. The highest BCUT2D eigenvalue weighted by Gasteiger charge is 2.04. The molecule has 1 heterocycles. The molecule has 4 nitrogen and oxygen atoms in total. The number of carbonyl (C=O) groups is 1. The Morgan fingerprint density at radius 2 is 2.31 bits per heavy atom. The lowest BCUT2D eigenvalue weighted by Crippen LogP contribution is -2.11. The van der Waals surface area contributed by atoms with Gasteiger partial charge in [-0.15, -0.1) is 11.6 Å². The lowest BCUT2D eigenvalue weighted by atomic mass is 10.2. The molecule has 1 aromatic heterocycles. The summed E-state index contributed by atoms with van der Waals surface area (Å²) in [4.78, 5) is 18.2. The highest BCUT2D eigenvalue weighted by molar-refractivity contribution is 6.29. The van der Waals surface area contributed by atoms with Crippen molar-refractivity contribution in [2.45, 2.75) is 6.42 Å². The molecule has 2 N–H and O–H groups in total. The van der Waals surface area contributed by atoms with Gasteiger partial charge in [0, 0.05) is 18.0 Å². The number of halogens is 2. The summed E-state index contributed by atoms with van der Waals surface area (Å²) in [6.07, 6.45) is 0.295. The van der Waals surface area contributed by atoms with Crippen LogP contribution in [0.2, 0.25) is 5.28 Å². The quantitative estimate of drug-likeness (QED) is 0.831. The Hall–Kier alpha value is -1.26. The number of imidazole rings is 1. The number of H-pyrrole nitrogens is 1. The summed E-state index contributed by atoms with van der Waals surface area (Å²) >= 11 is 11.2. The molecular formula is C10H9Cl2N3O. The summed E-state index contributed by atoms with van der Waals surface area (Å²) < 4.78 is 0. The first-order chi connectivity index (χ1) is 7.69. The van der Waals surface area contributed by atoms with Crippen LogP contribution in [0.5, 0.6) is 0 Å². The van der Waals surface area contributed by atoms with E-state index < -0.39 is 0 Å². The Morgan fingerprint density at radius 3 is 3.06 bits per heavy atom. The summed E-state index contributed by atoms with van der Waals surface area (Å²) in [5.74, 6) is 0.198. The Bertz CT molecular complexity index is 524. The van der Waals surface area contributed by atoms with Crippen LogP contribution in [0.25, 0.3) is 11.0 Å². The maximum atomic E-state index is 11.3. The van der Waals surface area contributed by atoms with Crippen molar-refractivity contribution in [3.05, 3.63) is 23.5 Å². The zero-order valence-corrected chi connectivity index (χ0v) is 9.77. The fraction of sp³-hybridized carbons (Fsp3) is 0.200. The van der Waals surface area contributed by atoms with Gasteiger partial charge in [0.05, 0.1) is 11.0 Å². The van der Waals surface area contributed by atoms with Gasteiger partial charge in [-0.3, -0.25) is 4.79 Å². The van der Waals surface area contributed by atoms with Crippen LogP contribution in [0.1, 0.15) is 6.42 Å². The Kier molecular flexibility index (Phi) is 3.31. The predicted octanol–water partition coefficient (Wildman–Crippen LogP) is 2.78. The second-order valence-electron chi connectivity index (χ2n) is 3.25. The molecule has 0 bridgehead atoms. The zero-order valence-electron chi connectivity index (χ0n) is 8.26. The second kappa shape index (κ2) is 4.72. The minimum Gasteiger partial charge on any atom is -0.329 e. The summed E-state index contributed by atoms with van der Waals surface area (Å²) in [6, 6.07) is 5.33. The Labute approximate surface area is 102 Å². The normalized spacial score (nSPS) is 10.6. The number of aromatic nitrogens is 2. The highest BCUT2D eigenvalue weighted by Crippen LogP contribution is 2.19. The van der Waals surface area contributed by atoms with Gasteiger partial charge in [0.2, 0.25) is 11.2 Å². The number of amides is 1. The first-order valence-corrected chi connectivity index (χ1v) is 5.61. The molecule has 0 radical (unpaired) electrons. The molecule has 16 heavy (non-hydrogen) atoms. The number of fused-ring (bicyclic) bond motifs is 1. The molecule has 0 aliphatic rings. The predicted molar refractivity (Wildman–Crippen MR) is 65.1 cm³/mol. The molecular weight excluding hydrogens is 249 g/mol. The summed E-state index contributed by atoms with van der Waals surface area (Å²) in [7, 11) is 0. The van der Waals surface area contributed by atoms with Crippen LogP contribution >= 0.6 is 23.2 Å². The number of benzene rings is 1. The van der Waals surface area contributed by atoms with Crippen molar-refractivity contribution in [2.75, 3.05) is 11.2 Å². The second-order valence-corrected chi connectivity index (χ2v) is 3.98. The van der Waals surface area contributed by atoms with Gasteiger partial charge in [-0.1, -0.05) is 0 Å². The topological polar surface area (TPSA) is 57.8 Å². The van der Waals surface area contributed by atoms with Crippen molar-refractivity contribution in [1.29, 1.82) is 0 Å². The van der Waals surface area contributed by atoms with Crippen molar-refractivity contribution in [2.24, 2.45) is 0 Å². The molecule has 0 aliphatic heterocycles. The number of aromatic amines is 1. The Balaban J connectivity index is 2.22. The molecule has 0 aliphatic carbocycles. The summed E-state index contributed by atoms with van der Waals surface area (Å²) in [5, 5.41) is 3.06. The average molecular weight is 258 g/mol. The molecule has 2 rings (SSSR count). The van der Waals surface area contributed by atoms with Crippen LogP contribution in [0.3, 0.4) is 0 Å². The lowest BCUT2D eigenvalue weighted by molar-refractivity contribution is -0.115. The van der Waals surface area contributed by atoms with Crippen LogP contribution in [0.4, 0.5) is 5.69 Å². The van der Waals surface area contributed by atoms with Gasteiger partial charge < -0.3 is 10.3 Å². The molecule has 84 valence electrons. The van der Waals surface area contributed by atoms with Gasteiger partial charge in [0.25, 0.3) is 0 Å². The molecule has 0 saturated heterocycles. The third-order valence-electron chi connectivity index (χ3n) is 2.06. The number of hydrogen-bond acceptors (Lipinski definition) is 2. The van der Waals surface area contributed by atoms with E-state index in [1.54, 1.807) is 18.2 Å². The maximum absolute atomic E-state index is 11.3. The number of rotatable bonds is 3. The number of carbonyl (C=O) groups excluding carboxylic acids is 1. The smallest absolute Gasteiger partial charge is 0.225 e. The summed E-state index contributed by atoms with van der Waals surface area (Å²) in [5.41, 5.74) is 2.25. The fourth-order valence-electron chi connectivity index (χ4n) is 1.37. The first kappa shape index (κ1) is 11.2. The molecule has 0 fully saturated rings. The van der Waals surface area contributed by atoms with Crippen molar-refractivity contribution in [3.63, 3.8) is 0 Å². The molecule has 0 unspecified atom stereocenters. The van der Waals surface area contributed by atoms with E-state index in [9.17, 15) is 4.79 Å². The molecule has 0 spiro atoms. The van der Waals surface area contributed by atoms with E-state index in [0.717, 1.165) is 11.0 Å². The van der Waals surface area contributed by atoms with Gasteiger partial charge in [-0.25, -0.2) is 4.98 Å². The van der Waals surface area contributed by atoms with E-state index in [1.165, 1.54) is 0 Å². The summed E-state index contributed by atoms with van der Waals surface area (Å²) in [6.45, 7) is 0. The lowest BCUT2D eigenvalue weighted by Gasteiger charge is -2.03. The number of anilines is 1. The average Bonchev–Trinajstić information content (AvgIpc) is 2.57. The number of nitrogens with one attached hydrogen (secondary N) is 2. The van der Waals surface area contributed by atoms with Crippen molar-refractivity contribution in [1.82, 2.24) is 9.97 Å².